The van der Waals surface area contributed by atoms with Crippen molar-refractivity contribution in [2.45, 2.75) is 30.3 Å². The van der Waals surface area contributed by atoms with Crippen LogP contribution in [0.25, 0.3) is 5.65 Å². The van der Waals surface area contributed by atoms with Gasteiger partial charge in [-0.2, -0.15) is 0 Å². The van der Waals surface area contributed by atoms with Crippen molar-refractivity contribution in [3.63, 3.8) is 0 Å². The summed E-state index contributed by atoms with van der Waals surface area (Å²) in [6, 6.07) is 2.20. The molecule has 0 amide bonds. The summed E-state index contributed by atoms with van der Waals surface area (Å²) in [5, 5.41) is 9.12. The van der Waals surface area contributed by atoms with Gasteiger partial charge in [-0.05, 0) is 25.5 Å². The molecule has 0 atom stereocenters. The summed E-state index contributed by atoms with van der Waals surface area (Å²) in [6.07, 6.45) is 11.0. The van der Waals surface area contributed by atoms with Crippen LogP contribution in [0.3, 0.4) is 0 Å². The molecule has 0 N–H and O–H groups in total. The maximum Gasteiger partial charge on any atom is 0.203 e. The average Bonchev–Trinajstić information content (AvgIpc) is 3.49. The van der Waals surface area contributed by atoms with Crippen LogP contribution in [0.15, 0.2) is 29.9 Å². The lowest BCUT2D eigenvalue weighted by atomic mass is 10.2. The molecule has 9 heteroatoms. The number of anilines is 2. The van der Waals surface area contributed by atoms with Crippen LogP contribution < -0.4 is 9.80 Å². The maximum absolute atomic E-state index is 4.78. The second-order valence-corrected chi connectivity index (χ2v) is 7.83. The number of rotatable bonds is 4. The Hall–Kier alpha value is -2.42. The van der Waals surface area contributed by atoms with Gasteiger partial charge >= 0.3 is 0 Å². The van der Waals surface area contributed by atoms with E-state index < -0.39 is 0 Å². The molecule has 0 bridgehead atoms. The third kappa shape index (κ3) is 3.31. The van der Waals surface area contributed by atoms with Gasteiger partial charge in [0.05, 0.1) is 5.69 Å². The number of hydrogen-bond donors (Lipinski definition) is 0. The van der Waals surface area contributed by atoms with Crippen LogP contribution >= 0.6 is 11.8 Å². The molecule has 2 aliphatic rings. The number of nitrogens with zero attached hydrogens (tertiary/aromatic N) is 8. The number of fused-ring (bicyclic) bond motifs is 1. The fraction of sp³-hybridized carbons (Fsp3) is 0.500. The zero-order valence-corrected chi connectivity index (χ0v) is 16.1. The quantitative estimate of drug-likeness (QED) is 0.502. The van der Waals surface area contributed by atoms with E-state index in [0.717, 1.165) is 55.0 Å². The Bertz CT molecular complexity index is 953. The lowest BCUT2D eigenvalue weighted by Gasteiger charge is -2.24. The third-order valence-corrected chi connectivity index (χ3v) is 5.75. The van der Waals surface area contributed by atoms with Crippen molar-refractivity contribution in [1.29, 1.82) is 0 Å². The van der Waals surface area contributed by atoms with E-state index in [9.17, 15) is 0 Å². The van der Waals surface area contributed by atoms with Crippen molar-refractivity contribution in [1.82, 2.24) is 29.5 Å². The largest absolute Gasteiger partial charge is 0.355 e. The smallest absolute Gasteiger partial charge is 0.203 e. The Labute approximate surface area is 162 Å². The van der Waals surface area contributed by atoms with Crippen LogP contribution in [-0.4, -0.2) is 62.0 Å². The van der Waals surface area contributed by atoms with Gasteiger partial charge in [0.1, 0.15) is 12.1 Å². The van der Waals surface area contributed by atoms with Gasteiger partial charge in [0.2, 0.25) is 5.65 Å². The second-order valence-electron chi connectivity index (χ2n) is 7.05. The minimum absolute atomic E-state index is 0.635. The van der Waals surface area contributed by atoms with E-state index in [1.165, 1.54) is 18.5 Å². The van der Waals surface area contributed by atoms with Gasteiger partial charge in [0.15, 0.2) is 11.0 Å². The van der Waals surface area contributed by atoms with Crippen molar-refractivity contribution in [2.75, 3.05) is 42.2 Å². The molecule has 0 radical (unpaired) electrons. The van der Waals surface area contributed by atoms with Crippen LogP contribution in [0, 0.1) is 0 Å². The summed E-state index contributed by atoms with van der Waals surface area (Å²) >= 11 is 1.62. The predicted molar refractivity (Wildman–Crippen MR) is 106 cm³/mol. The molecule has 27 heavy (non-hydrogen) atoms. The third-order valence-electron chi connectivity index (χ3n) is 5.21. The molecule has 5 rings (SSSR count). The highest BCUT2D eigenvalue weighted by atomic mass is 32.2. The molecule has 8 nitrogen and oxygen atoms in total. The van der Waals surface area contributed by atoms with E-state index in [1.807, 2.05) is 23.1 Å². The molecule has 1 aliphatic heterocycles. The topological polar surface area (TPSA) is 75.3 Å². The first-order chi connectivity index (χ1) is 13.3. The molecular formula is C18H22N8S. The van der Waals surface area contributed by atoms with Crippen molar-refractivity contribution in [3.8, 4) is 0 Å². The van der Waals surface area contributed by atoms with Gasteiger partial charge in [0.25, 0.3) is 0 Å². The predicted octanol–water partition coefficient (Wildman–Crippen LogP) is 2.23. The van der Waals surface area contributed by atoms with Crippen molar-refractivity contribution >= 4 is 29.0 Å². The number of aromatic nitrogens is 6. The van der Waals surface area contributed by atoms with E-state index in [1.54, 1.807) is 18.1 Å². The van der Waals surface area contributed by atoms with Gasteiger partial charge < -0.3 is 9.80 Å². The Morgan fingerprint density at radius 3 is 2.78 bits per heavy atom. The molecule has 1 saturated heterocycles. The SMILES string of the molecule is CSc1nc(C2CC2)cc(N2CCCN(c3nccn4cnnc34)CC2)n1. The molecule has 0 aromatic carbocycles. The highest BCUT2D eigenvalue weighted by molar-refractivity contribution is 7.98. The first kappa shape index (κ1) is 16.7. The van der Waals surface area contributed by atoms with Gasteiger partial charge in [-0.15, -0.1) is 10.2 Å². The molecule has 140 valence electrons. The van der Waals surface area contributed by atoms with Crippen LogP contribution in [-0.2, 0) is 0 Å². The van der Waals surface area contributed by atoms with Gasteiger partial charge in [-0.3, -0.25) is 4.40 Å². The monoisotopic (exact) mass is 382 g/mol. The van der Waals surface area contributed by atoms with Crippen LogP contribution in [0.5, 0.6) is 0 Å². The summed E-state index contributed by atoms with van der Waals surface area (Å²) in [7, 11) is 0. The molecule has 3 aromatic rings. The molecule has 2 fully saturated rings. The van der Waals surface area contributed by atoms with E-state index >= 15 is 0 Å². The summed E-state index contributed by atoms with van der Waals surface area (Å²) in [5.74, 6) is 2.60. The summed E-state index contributed by atoms with van der Waals surface area (Å²) in [5.41, 5.74) is 2.02. The van der Waals surface area contributed by atoms with Crippen molar-refractivity contribution in [3.05, 3.63) is 30.5 Å². The molecule has 3 aromatic heterocycles. The highest BCUT2D eigenvalue weighted by Crippen LogP contribution is 2.40. The normalized spacial score (nSPS) is 18.1. The van der Waals surface area contributed by atoms with E-state index in [4.69, 9.17) is 9.97 Å². The Morgan fingerprint density at radius 2 is 1.93 bits per heavy atom. The fourth-order valence-corrected chi connectivity index (χ4v) is 3.98. The summed E-state index contributed by atoms with van der Waals surface area (Å²) in [4.78, 5) is 18.8. The maximum atomic E-state index is 4.78. The van der Waals surface area contributed by atoms with Crippen LogP contribution in [0.2, 0.25) is 0 Å². The van der Waals surface area contributed by atoms with E-state index in [-0.39, 0.29) is 0 Å². The lowest BCUT2D eigenvalue weighted by Crippen LogP contribution is -2.32. The second kappa shape index (κ2) is 6.95. The molecule has 0 spiro atoms. The van der Waals surface area contributed by atoms with Crippen molar-refractivity contribution < 1.29 is 0 Å². The van der Waals surface area contributed by atoms with E-state index in [0.29, 0.717) is 5.92 Å². The van der Waals surface area contributed by atoms with Crippen LogP contribution in [0.4, 0.5) is 11.6 Å². The highest BCUT2D eigenvalue weighted by Gasteiger charge is 2.27. The minimum atomic E-state index is 0.635. The molecular weight excluding hydrogens is 360 g/mol. The molecule has 1 aliphatic carbocycles. The van der Waals surface area contributed by atoms with Crippen molar-refractivity contribution in [2.24, 2.45) is 0 Å². The molecule has 4 heterocycles. The standard InChI is InChI=1S/C18H22N8S/c1-27-18-21-14(13-3-4-13)11-15(22-18)24-6-2-7-25(10-9-24)16-17-23-20-12-26(17)8-5-19-16/h5,8,11-13H,2-4,6-7,9-10H2,1H3. The zero-order valence-electron chi connectivity index (χ0n) is 15.3. The summed E-state index contributed by atoms with van der Waals surface area (Å²) in [6.45, 7) is 3.73. The number of hydrogen-bond acceptors (Lipinski definition) is 8. The van der Waals surface area contributed by atoms with Crippen LogP contribution in [0.1, 0.15) is 30.9 Å². The van der Waals surface area contributed by atoms with Gasteiger partial charge in [-0.1, -0.05) is 11.8 Å². The fourth-order valence-electron chi connectivity index (χ4n) is 3.60. The molecule has 1 saturated carbocycles. The van der Waals surface area contributed by atoms with Gasteiger partial charge in [-0.25, -0.2) is 15.0 Å². The Morgan fingerprint density at radius 1 is 1.07 bits per heavy atom. The van der Waals surface area contributed by atoms with E-state index in [2.05, 4.69) is 31.0 Å². The Kier molecular flexibility index (Phi) is 4.31. The number of thioether (sulfide) groups is 1. The Balaban J connectivity index is 1.38. The first-order valence-electron chi connectivity index (χ1n) is 9.39. The minimum Gasteiger partial charge on any atom is -0.355 e. The first-order valence-corrected chi connectivity index (χ1v) is 10.6. The molecule has 0 unspecified atom stereocenters. The lowest BCUT2D eigenvalue weighted by molar-refractivity contribution is 0.773. The average molecular weight is 382 g/mol. The zero-order chi connectivity index (χ0) is 18.2. The summed E-state index contributed by atoms with van der Waals surface area (Å²) < 4.78 is 1.92. The van der Waals surface area contributed by atoms with Gasteiger partial charge in [0, 0.05) is 50.6 Å².